The Hall–Kier alpha value is -1.15. The van der Waals surface area contributed by atoms with Crippen molar-refractivity contribution in [2.24, 2.45) is 0 Å². The molecule has 1 saturated heterocycles. The van der Waals surface area contributed by atoms with Gasteiger partial charge in [-0.1, -0.05) is 0 Å². The van der Waals surface area contributed by atoms with Gasteiger partial charge in [-0.05, 0) is 13.8 Å². The zero-order chi connectivity index (χ0) is 15.3. The van der Waals surface area contributed by atoms with E-state index in [1.165, 1.54) is 0 Å². The van der Waals surface area contributed by atoms with Gasteiger partial charge < -0.3 is 10.0 Å². The predicted molar refractivity (Wildman–Crippen MR) is 74.2 cm³/mol. The van der Waals surface area contributed by atoms with Crippen LogP contribution in [0.15, 0.2) is 0 Å². The molecule has 7 nitrogen and oxygen atoms in total. The number of nitrogens with zero attached hydrogens (tertiary/aromatic N) is 2. The van der Waals surface area contributed by atoms with Crippen LogP contribution in [0.2, 0.25) is 0 Å². The number of carbonyl (C=O) groups excluding carboxylic acids is 1. The van der Waals surface area contributed by atoms with E-state index in [0.717, 1.165) is 0 Å². The highest BCUT2D eigenvalue weighted by Crippen LogP contribution is 2.15. The molecule has 0 bridgehead atoms. The predicted octanol–water partition coefficient (Wildman–Crippen LogP) is -0.571. The van der Waals surface area contributed by atoms with E-state index in [0.29, 0.717) is 13.1 Å². The second-order valence-electron chi connectivity index (χ2n) is 4.90. The summed E-state index contributed by atoms with van der Waals surface area (Å²) in [4.78, 5) is 26.2. The summed E-state index contributed by atoms with van der Waals surface area (Å²) in [6, 6.07) is -0.620. The van der Waals surface area contributed by atoms with Crippen LogP contribution in [0.5, 0.6) is 0 Å². The summed E-state index contributed by atoms with van der Waals surface area (Å²) in [7, 11) is -3.21. The molecule has 8 heteroatoms. The fourth-order valence-electron chi connectivity index (χ4n) is 2.37. The summed E-state index contributed by atoms with van der Waals surface area (Å²) in [6.07, 6.45) is -0.259. The number of amides is 1. The maximum atomic E-state index is 12.1. The van der Waals surface area contributed by atoms with Crippen LogP contribution in [0.25, 0.3) is 0 Å². The molecule has 1 N–H and O–H groups in total. The SMILES string of the molecule is CCN(CC)C(=O)CN1CCS(=O)(=O)CC1CC(=O)O. The molecule has 1 aliphatic rings. The summed E-state index contributed by atoms with van der Waals surface area (Å²) in [6.45, 7) is 5.21. The van der Waals surface area contributed by atoms with Gasteiger partial charge in [0.1, 0.15) is 0 Å². The van der Waals surface area contributed by atoms with Crippen molar-refractivity contribution in [3.05, 3.63) is 0 Å². The number of likely N-dealkylation sites (N-methyl/N-ethyl adjacent to an activating group) is 1. The summed E-state index contributed by atoms with van der Waals surface area (Å²) >= 11 is 0. The molecule has 0 aromatic rings. The van der Waals surface area contributed by atoms with Crippen LogP contribution < -0.4 is 0 Å². The Morgan fingerprint density at radius 3 is 2.40 bits per heavy atom. The summed E-state index contributed by atoms with van der Waals surface area (Å²) in [5, 5.41) is 8.87. The van der Waals surface area contributed by atoms with E-state index in [1.807, 2.05) is 13.8 Å². The van der Waals surface area contributed by atoms with Crippen molar-refractivity contribution in [2.45, 2.75) is 26.3 Å². The lowest BCUT2D eigenvalue weighted by Crippen LogP contribution is -2.53. The van der Waals surface area contributed by atoms with Crippen molar-refractivity contribution in [1.82, 2.24) is 9.80 Å². The Bertz CT molecular complexity index is 458. The van der Waals surface area contributed by atoms with Crippen LogP contribution in [0.1, 0.15) is 20.3 Å². The first-order chi connectivity index (χ1) is 9.29. The highest BCUT2D eigenvalue weighted by atomic mass is 32.2. The number of rotatable bonds is 6. The number of hydrogen-bond donors (Lipinski definition) is 1. The first-order valence-corrected chi connectivity index (χ1v) is 8.55. The highest BCUT2D eigenvalue weighted by Gasteiger charge is 2.34. The van der Waals surface area contributed by atoms with E-state index < -0.39 is 21.8 Å². The van der Waals surface area contributed by atoms with E-state index in [-0.39, 0.29) is 36.9 Å². The second kappa shape index (κ2) is 7.03. The van der Waals surface area contributed by atoms with Crippen LogP contribution >= 0.6 is 0 Å². The van der Waals surface area contributed by atoms with Gasteiger partial charge in [0.05, 0.1) is 24.5 Å². The maximum absolute atomic E-state index is 12.1. The molecule has 1 amide bonds. The lowest BCUT2D eigenvalue weighted by molar-refractivity contribution is -0.139. The number of aliphatic carboxylic acids is 1. The topological polar surface area (TPSA) is 95.0 Å². The molecule has 0 saturated carbocycles. The number of hydrogen-bond acceptors (Lipinski definition) is 5. The lowest BCUT2D eigenvalue weighted by atomic mass is 10.2. The van der Waals surface area contributed by atoms with E-state index in [1.54, 1.807) is 9.80 Å². The van der Waals surface area contributed by atoms with Gasteiger partial charge in [0.25, 0.3) is 0 Å². The third-order valence-electron chi connectivity index (χ3n) is 3.52. The summed E-state index contributed by atoms with van der Waals surface area (Å²) in [5.74, 6) is -1.35. The molecule has 0 aliphatic carbocycles. The molecule has 1 fully saturated rings. The molecule has 1 heterocycles. The molecule has 1 atom stereocenters. The average molecular weight is 306 g/mol. The number of carbonyl (C=O) groups is 2. The van der Waals surface area contributed by atoms with Crippen molar-refractivity contribution in [1.29, 1.82) is 0 Å². The van der Waals surface area contributed by atoms with Crippen molar-refractivity contribution in [3.63, 3.8) is 0 Å². The van der Waals surface area contributed by atoms with Crippen molar-refractivity contribution in [2.75, 3.05) is 37.7 Å². The molecule has 0 aromatic heterocycles. The smallest absolute Gasteiger partial charge is 0.304 e. The van der Waals surface area contributed by atoms with Gasteiger partial charge in [0.2, 0.25) is 5.91 Å². The molecule has 0 radical (unpaired) electrons. The third-order valence-corrected chi connectivity index (χ3v) is 5.21. The Morgan fingerprint density at radius 2 is 1.90 bits per heavy atom. The van der Waals surface area contributed by atoms with Crippen molar-refractivity contribution in [3.8, 4) is 0 Å². The average Bonchev–Trinajstić information content (AvgIpc) is 2.33. The van der Waals surface area contributed by atoms with E-state index in [9.17, 15) is 18.0 Å². The Morgan fingerprint density at radius 1 is 1.30 bits per heavy atom. The molecule has 116 valence electrons. The van der Waals surface area contributed by atoms with Gasteiger partial charge in [-0.15, -0.1) is 0 Å². The largest absolute Gasteiger partial charge is 0.481 e. The fraction of sp³-hybridized carbons (Fsp3) is 0.833. The third kappa shape index (κ3) is 4.75. The monoisotopic (exact) mass is 306 g/mol. The molecule has 1 aliphatic heterocycles. The normalized spacial score (nSPS) is 22.4. The van der Waals surface area contributed by atoms with Gasteiger partial charge in [-0.2, -0.15) is 0 Å². The van der Waals surface area contributed by atoms with Gasteiger partial charge in [0, 0.05) is 25.7 Å². The van der Waals surface area contributed by atoms with Gasteiger partial charge in [0.15, 0.2) is 9.84 Å². The van der Waals surface area contributed by atoms with Crippen molar-refractivity contribution < 1.29 is 23.1 Å². The Balaban J connectivity index is 2.75. The number of sulfone groups is 1. The molecule has 0 aromatic carbocycles. The number of carboxylic acids is 1. The van der Waals surface area contributed by atoms with Crippen LogP contribution in [0.3, 0.4) is 0 Å². The molecule has 0 spiro atoms. The van der Waals surface area contributed by atoms with E-state index in [2.05, 4.69) is 0 Å². The van der Waals surface area contributed by atoms with Crippen LogP contribution in [0, 0.1) is 0 Å². The standard InChI is InChI=1S/C12H22N2O5S/c1-3-13(4-2)11(15)8-14-5-6-20(18,19)9-10(14)7-12(16)17/h10H,3-9H2,1-2H3,(H,16,17). The minimum absolute atomic E-state index is 0.0192. The molecular weight excluding hydrogens is 284 g/mol. The highest BCUT2D eigenvalue weighted by molar-refractivity contribution is 7.91. The second-order valence-corrected chi connectivity index (χ2v) is 7.13. The van der Waals surface area contributed by atoms with E-state index in [4.69, 9.17) is 5.11 Å². The lowest BCUT2D eigenvalue weighted by Gasteiger charge is -2.35. The van der Waals surface area contributed by atoms with Gasteiger partial charge >= 0.3 is 5.97 Å². The molecule has 1 unspecified atom stereocenters. The first kappa shape index (κ1) is 16.9. The zero-order valence-electron chi connectivity index (χ0n) is 11.9. The van der Waals surface area contributed by atoms with Gasteiger partial charge in [-0.25, -0.2) is 8.42 Å². The molecule has 20 heavy (non-hydrogen) atoms. The minimum Gasteiger partial charge on any atom is -0.481 e. The Labute approximate surface area is 119 Å². The molecular formula is C12H22N2O5S. The molecule has 1 rings (SSSR count). The summed E-state index contributed by atoms with van der Waals surface area (Å²) in [5.41, 5.74) is 0. The maximum Gasteiger partial charge on any atom is 0.304 e. The van der Waals surface area contributed by atoms with Crippen LogP contribution in [0.4, 0.5) is 0 Å². The van der Waals surface area contributed by atoms with E-state index >= 15 is 0 Å². The first-order valence-electron chi connectivity index (χ1n) is 6.73. The fourth-order valence-corrected chi connectivity index (χ4v) is 3.96. The number of carboxylic acid groups (broad SMARTS) is 1. The zero-order valence-corrected chi connectivity index (χ0v) is 12.7. The van der Waals surface area contributed by atoms with Gasteiger partial charge in [-0.3, -0.25) is 14.5 Å². The summed E-state index contributed by atoms with van der Waals surface area (Å²) < 4.78 is 23.2. The Kier molecular flexibility index (Phi) is 5.94. The van der Waals surface area contributed by atoms with Crippen LogP contribution in [-0.4, -0.2) is 78.9 Å². The van der Waals surface area contributed by atoms with Crippen molar-refractivity contribution >= 4 is 21.7 Å². The van der Waals surface area contributed by atoms with Crippen LogP contribution in [-0.2, 0) is 19.4 Å². The quantitative estimate of drug-likeness (QED) is 0.706. The minimum atomic E-state index is -3.21.